The van der Waals surface area contributed by atoms with Crippen molar-refractivity contribution < 1.29 is 17.2 Å². The normalized spacial score (nSPS) is 10.0. The SMILES string of the molecule is CC.O=S(=O)(O)Oc1ccccc1Br. The Labute approximate surface area is 92.0 Å². The standard InChI is InChI=1S/C6H5BrO4S.C2H6/c7-5-3-1-2-4-6(5)11-12(8,9)10;1-2/h1-4H,(H,8,9,10);1-2H3. The second kappa shape index (κ2) is 6.00. The summed E-state index contributed by atoms with van der Waals surface area (Å²) in [7, 11) is -4.43. The summed E-state index contributed by atoms with van der Waals surface area (Å²) < 4.78 is 33.5. The van der Waals surface area contributed by atoms with Crippen LogP contribution in [0.3, 0.4) is 0 Å². The van der Waals surface area contributed by atoms with Crippen molar-refractivity contribution in [1.82, 2.24) is 0 Å². The summed E-state index contributed by atoms with van der Waals surface area (Å²) in [6, 6.07) is 6.30. The molecule has 14 heavy (non-hydrogen) atoms. The summed E-state index contributed by atoms with van der Waals surface area (Å²) in [4.78, 5) is 0. The maximum Gasteiger partial charge on any atom is 0.446 e. The van der Waals surface area contributed by atoms with E-state index in [1.807, 2.05) is 13.8 Å². The van der Waals surface area contributed by atoms with Gasteiger partial charge in [0, 0.05) is 0 Å². The molecule has 0 saturated carbocycles. The van der Waals surface area contributed by atoms with Gasteiger partial charge in [0.1, 0.15) is 0 Å². The Kier molecular flexibility index (Phi) is 5.75. The van der Waals surface area contributed by atoms with Crippen LogP contribution in [-0.2, 0) is 10.4 Å². The first-order valence-electron chi connectivity index (χ1n) is 3.90. The lowest BCUT2D eigenvalue weighted by Crippen LogP contribution is -2.06. The maximum atomic E-state index is 10.3. The fourth-order valence-electron chi connectivity index (χ4n) is 0.626. The molecule has 0 spiro atoms. The van der Waals surface area contributed by atoms with Crippen LogP contribution in [-0.4, -0.2) is 13.0 Å². The van der Waals surface area contributed by atoms with Crippen LogP contribution in [0.5, 0.6) is 5.75 Å². The average molecular weight is 283 g/mol. The van der Waals surface area contributed by atoms with Crippen molar-refractivity contribution in [1.29, 1.82) is 0 Å². The largest absolute Gasteiger partial charge is 0.446 e. The van der Waals surface area contributed by atoms with Gasteiger partial charge in [-0.25, -0.2) is 0 Å². The molecular formula is C8H11BrO4S. The highest BCUT2D eigenvalue weighted by Gasteiger charge is 2.08. The topological polar surface area (TPSA) is 63.6 Å². The Morgan fingerprint density at radius 3 is 2.21 bits per heavy atom. The highest BCUT2D eigenvalue weighted by Crippen LogP contribution is 2.24. The maximum absolute atomic E-state index is 10.3. The number of rotatable bonds is 2. The fraction of sp³-hybridized carbons (Fsp3) is 0.250. The van der Waals surface area contributed by atoms with E-state index in [0.29, 0.717) is 4.47 Å². The van der Waals surface area contributed by atoms with Gasteiger partial charge in [-0.2, -0.15) is 8.42 Å². The number of hydrogen-bond donors (Lipinski definition) is 1. The zero-order valence-electron chi connectivity index (χ0n) is 7.77. The molecule has 0 heterocycles. The molecule has 0 atom stereocenters. The van der Waals surface area contributed by atoms with Gasteiger partial charge in [-0.3, -0.25) is 4.55 Å². The molecule has 0 fully saturated rings. The van der Waals surface area contributed by atoms with Gasteiger partial charge in [-0.15, -0.1) is 0 Å². The predicted molar refractivity (Wildman–Crippen MR) is 57.7 cm³/mol. The van der Waals surface area contributed by atoms with Crippen LogP contribution in [0.4, 0.5) is 0 Å². The van der Waals surface area contributed by atoms with Crippen LogP contribution in [0.15, 0.2) is 28.7 Å². The van der Waals surface area contributed by atoms with Gasteiger partial charge in [0.15, 0.2) is 5.75 Å². The van der Waals surface area contributed by atoms with Crippen molar-refractivity contribution in [3.63, 3.8) is 0 Å². The summed E-state index contributed by atoms with van der Waals surface area (Å²) in [5.74, 6) is 0.0556. The van der Waals surface area contributed by atoms with Crippen LogP contribution in [0, 0.1) is 0 Å². The average Bonchev–Trinajstić information content (AvgIpc) is 2.10. The van der Waals surface area contributed by atoms with Crippen molar-refractivity contribution in [3.05, 3.63) is 28.7 Å². The minimum atomic E-state index is -4.43. The van der Waals surface area contributed by atoms with Gasteiger partial charge in [0.05, 0.1) is 4.47 Å². The molecule has 4 nitrogen and oxygen atoms in total. The van der Waals surface area contributed by atoms with Gasteiger partial charge in [-0.05, 0) is 28.1 Å². The molecule has 0 aliphatic heterocycles. The molecule has 0 saturated heterocycles. The van der Waals surface area contributed by atoms with Gasteiger partial charge >= 0.3 is 10.4 Å². The summed E-state index contributed by atoms with van der Waals surface area (Å²) in [6.07, 6.45) is 0. The first-order chi connectivity index (χ1) is 6.49. The minimum Gasteiger partial charge on any atom is -0.361 e. The number of para-hydroxylation sites is 1. The van der Waals surface area contributed by atoms with Gasteiger partial charge in [0.25, 0.3) is 0 Å². The van der Waals surface area contributed by atoms with Crippen LogP contribution in [0.2, 0.25) is 0 Å². The molecule has 6 heteroatoms. The van der Waals surface area contributed by atoms with E-state index < -0.39 is 10.4 Å². The number of hydrogen-bond acceptors (Lipinski definition) is 3. The molecule has 1 aromatic rings. The predicted octanol–water partition coefficient (Wildman–Crippen LogP) is 2.66. The smallest absolute Gasteiger partial charge is 0.361 e. The van der Waals surface area contributed by atoms with E-state index in [0.717, 1.165) is 0 Å². The summed E-state index contributed by atoms with van der Waals surface area (Å²) >= 11 is 3.05. The molecule has 0 aliphatic carbocycles. The van der Waals surface area contributed by atoms with Crippen LogP contribution >= 0.6 is 15.9 Å². The third-order valence-corrected chi connectivity index (χ3v) is 2.08. The zero-order valence-corrected chi connectivity index (χ0v) is 10.2. The van der Waals surface area contributed by atoms with Crippen LogP contribution < -0.4 is 4.18 Å². The third-order valence-electron chi connectivity index (χ3n) is 1.03. The van der Waals surface area contributed by atoms with E-state index in [9.17, 15) is 8.42 Å². The van der Waals surface area contributed by atoms with Crippen LogP contribution in [0.25, 0.3) is 0 Å². The number of halogens is 1. The van der Waals surface area contributed by atoms with Crippen molar-refractivity contribution in [2.75, 3.05) is 0 Å². The molecular weight excluding hydrogens is 272 g/mol. The number of benzene rings is 1. The molecule has 1 rings (SSSR count). The van der Waals surface area contributed by atoms with Crippen molar-refractivity contribution >= 4 is 26.3 Å². The van der Waals surface area contributed by atoms with E-state index in [2.05, 4.69) is 20.1 Å². The van der Waals surface area contributed by atoms with Gasteiger partial charge < -0.3 is 4.18 Å². The van der Waals surface area contributed by atoms with Crippen molar-refractivity contribution in [2.24, 2.45) is 0 Å². The Bertz CT molecular complexity index is 375. The summed E-state index contributed by atoms with van der Waals surface area (Å²) in [5.41, 5.74) is 0. The van der Waals surface area contributed by atoms with Gasteiger partial charge in [-0.1, -0.05) is 26.0 Å². The molecule has 0 radical (unpaired) electrons. The molecule has 0 aromatic heterocycles. The van der Waals surface area contributed by atoms with E-state index in [4.69, 9.17) is 4.55 Å². The Morgan fingerprint density at radius 1 is 1.29 bits per heavy atom. The minimum absolute atomic E-state index is 0.0556. The van der Waals surface area contributed by atoms with E-state index in [-0.39, 0.29) is 5.75 Å². The highest BCUT2D eigenvalue weighted by molar-refractivity contribution is 9.10. The fourth-order valence-corrected chi connectivity index (χ4v) is 1.47. The Balaban J connectivity index is 0.000000791. The summed E-state index contributed by atoms with van der Waals surface area (Å²) in [5, 5.41) is 0. The molecule has 0 unspecified atom stereocenters. The lowest BCUT2D eigenvalue weighted by molar-refractivity contribution is 0.386. The molecule has 1 N–H and O–H groups in total. The van der Waals surface area contributed by atoms with E-state index in [1.165, 1.54) is 6.07 Å². The second-order valence-electron chi connectivity index (χ2n) is 1.94. The zero-order chi connectivity index (χ0) is 11.2. The second-order valence-corrected chi connectivity index (χ2v) is 3.82. The monoisotopic (exact) mass is 282 g/mol. The van der Waals surface area contributed by atoms with E-state index >= 15 is 0 Å². The highest BCUT2D eigenvalue weighted by atomic mass is 79.9. The molecule has 0 bridgehead atoms. The van der Waals surface area contributed by atoms with Crippen molar-refractivity contribution in [2.45, 2.75) is 13.8 Å². The van der Waals surface area contributed by atoms with Crippen LogP contribution in [0.1, 0.15) is 13.8 Å². The molecule has 80 valence electrons. The molecule has 0 amide bonds. The third kappa shape index (κ3) is 5.21. The lowest BCUT2D eigenvalue weighted by Gasteiger charge is -2.01. The molecule has 0 aliphatic rings. The first-order valence-corrected chi connectivity index (χ1v) is 6.06. The lowest BCUT2D eigenvalue weighted by atomic mass is 10.3. The Hall–Kier alpha value is -0.590. The summed E-state index contributed by atoms with van der Waals surface area (Å²) in [6.45, 7) is 4.00. The van der Waals surface area contributed by atoms with Gasteiger partial charge in [0.2, 0.25) is 0 Å². The van der Waals surface area contributed by atoms with Crippen molar-refractivity contribution in [3.8, 4) is 5.75 Å². The quantitative estimate of drug-likeness (QED) is 0.847. The Morgan fingerprint density at radius 2 is 1.79 bits per heavy atom. The first kappa shape index (κ1) is 13.4. The molecule has 1 aromatic carbocycles. The van der Waals surface area contributed by atoms with E-state index in [1.54, 1.807) is 18.2 Å².